The van der Waals surface area contributed by atoms with Gasteiger partial charge in [0.15, 0.2) is 0 Å². The Hall–Kier alpha value is -2.12. The molecule has 23 heavy (non-hydrogen) atoms. The van der Waals surface area contributed by atoms with Crippen molar-refractivity contribution < 1.29 is 38.1 Å². The van der Waals surface area contributed by atoms with Crippen molar-refractivity contribution in [3.05, 3.63) is 0 Å². The van der Waals surface area contributed by atoms with E-state index in [9.17, 15) is 19.2 Å². The van der Waals surface area contributed by atoms with Crippen LogP contribution in [0.15, 0.2) is 0 Å². The van der Waals surface area contributed by atoms with Gasteiger partial charge in [-0.3, -0.25) is 19.2 Å². The van der Waals surface area contributed by atoms with E-state index < -0.39 is 35.7 Å². The van der Waals surface area contributed by atoms with Crippen LogP contribution in [0.5, 0.6) is 0 Å². The SMILES string of the molecule is COC(=O)CCCC(C(=O)OC)C(CCC(=O)OC)C(=O)OC. The first-order valence-corrected chi connectivity index (χ1v) is 7.20. The molecular weight excluding hydrogens is 308 g/mol. The molecule has 0 aliphatic rings. The fraction of sp³-hybridized carbons (Fsp3) is 0.733. The molecule has 0 N–H and O–H groups in total. The summed E-state index contributed by atoms with van der Waals surface area (Å²) in [5, 5.41) is 0. The number of methoxy groups -OCH3 is 4. The summed E-state index contributed by atoms with van der Waals surface area (Å²) in [5.74, 6) is -3.74. The van der Waals surface area contributed by atoms with Gasteiger partial charge >= 0.3 is 23.9 Å². The Balaban J connectivity index is 4.99. The van der Waals surface area contributed by atoms with Crippen molar-refractivity contribution in [2.45, 2.75) is 32.1 Å². The van der Waals surface area contributed by atoms with Gasteiger partial charge in [0.2, 0.25) is 0 Å². The van der Waals surface area contributed by atoms with Crippen LogP contribution in [0.25, 0.3) is 0 Å². The van der Waals surface area contributed by atoms with Gasteiger partial charge in [0, 0.05) is 12.8 Å². The lowest BCUT2D eigenvalue weighted by Gasteiger charge is -2.22. The first-order chi connectivity index (χ1) is 10.9. The van der Waals surface area contributed by atoms with Crippen LogP contribution in [0.2, 0.25) is 0 Å². The van der Waals surface area contributed by atoms with E-state index in [2.05, 4.69) is 9.47 Å². The van der Waals surface area contributed by atoms with Crippen LogP contribution in [-0.2, 0) is 38.1 Å². The summed E-state index contributed by atoms with van der Waals surface area (Å²) in [6.45, 7) is 0. The zero-order chi connectivity index (χ0) is 17.8. The molecule has 0 rings (SSSR count). The number of ether oxygens (including phenoxy) is 4. The molecule has 2 atom stereocenters. The van der Waals surface area contributed by atoms with E-state index in [-0.39, 0.29) is 25.7 Å². The molecule has 0 aromatic heterocycles. The monoisotopic (exact) mass is 332 g/mol. The van der Waals surface area contributed by atoms with E-state index in [1.165, 1.54) is 28.4 Å². The van der Waals surface area contributed by atoms with Crippen LogP contribution < -0.4 is 0 Å². The molecule has 0 aliphatic carbocycles. The van der Waals surface area contributed by atoms with Gasteiger partial charge in [-0.15, -0.1) is 0 Å². The molecule has 8 heteroatoms. The highest BCUT2D eigenvalue weighted by Crippen LogP contribution is 2.26. The molecule has 0 aromatic carbocycles. The summed E-state index contributed by atoms with van der Waals surface area (Å²) in [4.78, 5) is 46.4. The van der Waals surface area contributed by atoms with Gasteiger partial charge < -0.3 is 18.9 Å². The van der Waals surface area contributed by atoms with Crippen LogP contribution in [0, 0.1) is 11.8 Å². The topological polar surface area (TPSA) is 105 Å². The van der Waals surface area contributed by atoms with E-state index in [0.29, 0.717) is 6.42 Å². The summed E-state index contributed by atoms with van der Waals surface area (Å²) in [6, 6.07) is 0. The Labute approximate surface area is 135 Å². The largest absolute Gasteiger partial charge is 0.469 e. The number of esters is 4. The van der Waals surface area contributed by atoms with E-state index in [0.717, 1.165) is 0 Å². The highest BCUT2D eigenvalue weighted by molar-refractivity contribution is 5.82. The molecule has 132 valence electrons. The average Bonchev–Trinajstić information content (AvgIpc) is 2.58. The molecular formula is C15H24O8. The Morgan fingerprint density at radius 3 is 1.52 bits per heavy atom. The second-order valence-corrected chi connectivity index (χ2v) is 4.84. The first-order valence-electron chi connectivity index (χ1n) is 7.20. The first kappa shape index (κ1) is 20.9. The van der Waals surface area contributed by atoms with Crippen LogP contribution >= 0.6 is 0 Å². The Morgan fingerprint density at radius 1 is 0.652 bits per heavy atom. The minimum Gasteiger partial charge on any atom is -0.469 e. The quantitative estimate of drug-likeness (QED) is 0.428. The summed E-state index contributed by atoms with van der Waals surface area (Å²) in [6.07, 6.45) is 0.772. The van der Waals surface area contributed by atoms with Gasteiger partial charge in [0.1, 0.15) is 0 Å². The molecule has 0 saturated carbocycles. The predicted octanol–water partition coefficient (Wildman–Crippen LogP) is 0.861. The van der Waals surface area contributed by atoms with Crippen molar-refractivity contribution in [1.82, 2.24) is 0 Å². The molecule has 8 nitrogen and oxygen atoms in total. The number of carbonyl (C=O) groups excluding carboxylic acids is 4. The van der Waals surface area contributed by atoms with Gasteiger partial charge in [0.25, 0.3) is 0 Å². The minimum absolute atomic E-state index is 0.0270. The van der Waals surface area contributed by atoms with Crippen molar-refractivity contribution in [2.24, 2.45) is 11.8 Å². The van der Waals surface area contributed by atoms with Gasteiger partial charge in [-0.05, 0) is 19.3 Å². The maximum absolute atomic E-state index is 12.0. The number of hydrogen-bond acceptors (Lipinski definition) is 8. The third-order valence-corrected chi connectivity index (χ3v) is 3.50. The third kappa shape index (κ3) is 7.62. The molecule has 0 heterocycles. The smallest absolute Gasteiger partial charge is 0.309 e. The lowest BCUT2D eigenvalue weighted by Crippen LogP contribution is -2.32. The highest BCUT2D eigenvalue weighted by atomic mass is 16.5. The fourth-order valence-electron chi connectivity index (χ4n) is 2.21. The lowest BCUT2D eigenvalue weighted by molar-refractivity contribution is -0.159. The van der Waals surface area contributed by atoms with Crippen molar-refractivity contribution in [3.63, 3.8) is 0 Å². The van der Waals surface area contributed by atoms with Gasteiger partial charge in [-0.2, -0.15) is 0 Å². The number of hydrogen-bond donors (Lipinski definition) is 0. The standard InChI is InChI=1S/C15H24O8/c1-20-12(16)7-5-6-10(14(18)22-3)11(15(19)23-4)8-9-13(17)21-2/h10-11H,5-9H2,1-4H3. The van der Waals surface area contributed by atoms with Crippen molar-refractivity contribution in [1.29, 1.82) is 0 Å². The Bertz CT molecular complexity index is 418. The minimum atomic E-state index is -0.843. The molecule has 0 aromatic rings. The van der Waals surface area contributed by atoms with Gasteiger partial charge in [0.05, 0.1) is 40.3 Å². The normalized spacial score (nSPS) is 12.7. The van der Waals surface area contributed by atoms with Crippen molar-refractivity contribution >= 4 is 23.9 Å². The van der Waals surface area contributed by atoms with E-state index in [1.807, 2.05) is 0 Å². The van der Waals surface area contributed by atoms with E-state index in [1.54, 1.807) is 0 Å². The van der Waals surface area contributed by atoms with E-state index >= 15 is 0 Å². The summed E-state index contributed by atoms with van der Waals surface area (Å²) >= 11 is 0. The van der Waals surface area contributed by atoms with Crippen LogP contribution in [0.1, 0.15) is 32.1 Å². The zero-order valence-electron chi connectivity index (χ0n) is 14.0. The number of rotatable bonds is 10. The second-order valence-electron chi connectivity index (χ2n) is 4.84. The molecule has 0 bridgehead atoms. The van der Waals surface area contributed by atoms with Crippen LogP contribution in [-0.4, -0.2) is 52.3 Å². The Morgan fingerprint density at radius 2 is 1.09 bits per heavy atom. The van der Waals surface area contributed by atoms with Crippen molar-refractivity contribution in [2.75, 3.05) is 28.4 Å². The maximum atomic E-state index is 12.0. The zero-order valence-corrected chi connectivity index (χ0v) is 14.0. The molecule has 2 unspecified atom stereocenters. The Kier molecular flexibility index (Phi) is 10.4. The second kappa shape index (κ2) is 11.4. The van der Waals surface area contributed by atoms with Gasteiger partial charge in [-0.25, -0.2) is 0 Å². The molecule has 0 aliphatic heterocycles. The lowest BCUT2D eigenvalue weighted by atomic mass is 9.84. The van der Waals surface area contributed by atoms with Gasteiger partial charge in [-0.1, -0.05) is 0 Å². The highest BCUT2D eigenvalue weighted by Gasteiger charge is 2.35. The molecule has 0 amide bonds. The molecule has 0 fully saturated rings. The molecule has 0 radical (unpaired) electrons. The summed E-state index contributed by atoms with van der Waals surface area (Å²) in [5.41, 5.74) is 0. The van der Waals surface area contributed by atoms with E-state index in [4.69, 9.17) is 9.47 Å². The van der Waals surface area contributed by atoms with Crippen LogP contribution in [0.4, 0.5) is 0 Å². The van der Waals surface area contributed by atoms with Crippen LogP contribution in [0.3, 0.4) is 0 Å². The molecule has 0 spiro atoms. The van der Waals surface area contributed by atoms with Crippen molar-refractivity contribution in [3.8, 4) is 0 Å². The maximum Gasteiger partial charge on any atom is 0.309 e. The third-order valence-electron chi connectivity index (χ3n) is 3.50. The predicted molar refractivity (Wildman–Crippen MR) is 78.1 cm³/mol. The summed E-state index contributed by atoms with van der Waals surface area (Å²) < 4.78 is 18.5. The fourth-order valence-corrected chi connectivity index (χ4v) is 2.21. The number of carbonyl (C=O) groups is 4. The molecule has 0 saturated heterocycles. The summed E-state index contributed by atoms with van der Waals surface area (Å²) in [7, 11) is 4.93. The average molecular weight is 332 g/mol.